The fraction of sp³-hybridized carbons (Fsp3) is 0.389. The summed E-state index contributed by atoms with van der Waals surface area (Å²) in [6, 6.07) is 5.94. The van der Waals surface area contributed by atoms with Crippen LogP contribution in [0.4, 0.5) is 22.5 Å². The van der Waals surface area contributed by atoms with Crippen LogP contribution in [-0.4, -0.2) is 64.2 Å². The smallest absolute Gasteiger partial charge is 0.353 e. The number of ether oxygens (including phenoxy) is 1. The first-order valence-electron chi connectivity index (χ1n) is 9.28. The van der Waals surface area contributed by atoms with E-state index >= 15 is 0 Å². The first-order chi connectivity index (χ1) is 14.1. The number of hydrogen-bond acceptors (Lipinski definition) is 10. The van der Waals surface area contributed by atoms with Crippen molar-refractivity contribution in [2.45, 2.75) is 6.92 Å². The van der Waals surface area contributed by atoms with Crippen molar-refractivity contribution >= 4 is 44.0 Å². The van der Waals surface area contributed by atoms with Crippen molar-refractivity contribution in [3.05, 3.63) is 40.2 Å². The quantitative estimate of drug-likeness (QED) is 0.443. The van der Waals surface area contributed by atoms with Gasteiger partial charge in [0.1, 0.15) is 6.33 Å². The average molecular weight is 415 g/mol. The Morgan fingerprint density at radius 3 is 2.86 bits per heavy atom. The molecule has 11 heteroatoms. The Morgan fingerprint density at radius 1 is 1.28 bits per heavy atom. The molecule has 3 heterocycles. The normalized spacial score (nSPS) is 14.8. The summed E-state index contributed by atoms with van der Waals surface area (Å²) in [7, 11) is 0. The second kappa shape index (κ2) is 8.64. The van der Waals surface area contributed by atoms with Crippen molar-refractivity contribution in [3.63, 3.8) is 0 Å². The Morgan fingerprint density at radius 2 is 2.07 bits per heavy atom. The number of aryl methyl sites for hydroxylation is 1. The molecule has 0 bridgehead atoms. The summed E-state index contributed by atoms with van der Waals surface area (Å²) in [5.41, 5.74) is 1.78. The van der Waals surface area contributed by atoms with Crippen LogP contribution in [0.5, 0.6) is 0 Å². The van der Waals surface area contributed by atoms with Crippen LogP contribution < -0.4 is 10.6 Å². The second-order valence-corrected chi connectivity index (χ2v) is 7.70. The first kappa shape index (κ1) is 19.4. The van der Waals surface area contributed by atoms with Gasteiger partial charge in [0.25, 0.3) is 0 Å². The van der Waals surface area contributed by atoms with Crippen LogP contribution in [0.15, 0.2) is 24.5 Å². The molecule has 0 amide bonds. The molecular weight excluding hydrogens is 394 g/mol. The summed E-state index contributed by atoms with van der Waals surface area (Å²) in [6.07, 6.45) is 1.31. The lowest BCUT2D eigenvalue weighted by molar-refractivity contribution is -0.383. The van der Waals surface area contributed by atoms with Crippen molar-refractivity contribution in [2.24, 2.45) is 0 Å². The number of benzene rings is 1. The lowest BCUT2D eigenvalue weighted by Gasteiger charge is -2.26. The van der Waals surface area contributed by atoms with E-state index in [1.54, 1.807) is 0 Å². The highest BCUT2D eigenvalue weighted by molar-refractivity contribution is 7.22. The lowest BCUT2D eigenvalue weighted by atomic mass is 10.2. The summed E-state index contributed by atoms with van der Waals surface area (Å²) in [4.78, 5) is 26.1. The van der Waals surface area contributed by atoms with Gasteiger partial charge in [0.15, 0.2) is 5.13 Å². The van der Waals surface area contributed by atoms with E-state index < -0.39 is 4.92 Å². The number of fused-ring (bicyclic) bond motifs is 1. The van der Waals surface area contributed by atoms with Crippen LogP contribution in [0.25, 0.3) is 10.2 Å². The Labute approximate surface area is 171 Å². The van der Waals surface area contributed by atoms with Crippen LogP contribution in [0.2, 0.25) is 0 Å². The summed E-state index contributed by atoms with van der Waals surface area (Å²) in [5.74, 6) is 0.312. The number of anilines is 3. The number of aromatic nitrogens is 3. The third-order valence-corrected chi connectivity index (χ3v) is 5.53. The van der Waals surface area contributed by atoms with Gasteiger partial charge in [-0.25, -0.2) is 15.0 Å². The van der Waals surface area contributed by atoms with Crippen molar-refractivity contribution in [3.8, 4) is 0 Å². The molecule has 152 valence electrons. The fourth-order valence-corrected chi connectivity index (χ4v) is 4.08. The molecule has 10 nitrogen and oxygen atoms in total. The van der Waals surface area contributed by atoms with E-state index in [0.29, 0.717) is 24.9 Å². The van der Waals surface area contributed by atoms with E-state index in [1.807, 2.05) is 25.1 Å². The molecule has 0 saturated carbocycles. The van der Waals surface area contributed by atoms with Crippen molar-refractivity contribution in [1.29, 1.82) is 0 Å². The van der Waals surface area contributed by atoms with E-state index in [9.17, 15) is 10.1 Å². The van der Waals surface area contributed by atoms with Crippen LogP contribution >= 0.6 is 11.3 Å². The molecule has 0 aliphatic carbocycles. The van der Waals surface area contributed by atoms with Gasteiger partial charge in [0, 0.05) is 26.2 Å². The molecule has 0 radical (unpaired) electrons. The van der Waals surface area contributed by atoms with Crippen molar-refractivity contribution in [1.82, 2.24) is 19.9 Å². The topological polar surface area (TPSA) is 118 Å². The zero-order chi connectivity index (χ0) is 20.2. The summed E-state index contributed by atoms with van der Waals surface area (Å²) >= 11 is 1.43. The van der Waals surface area contributed by atoms with Crippen LogP contribution in [0, 0.1) is 17.0 Å². The summed E-state index contributed by atoms with van der Waals surface area (Å²) in [6.45, 7) is 6.44. The SMILES string of the molecule is Cc1ccc2nc(Nc3ncnc(NCCN4CCOCC4)c3[N+](=O)[O-])sc2c1. The van der Waals surface area contributed by atoms with Gasteiger partial charge in [-0.2, -0.15) is 0 Å². The maximum absolute atomic E-state index is 11.7. The van der Waals surface area contributed by atoms with E-state index in [0.717, 1.165) is 35.4 Å². The van der Waals surface area contributed by atoms with Crippen LogP contribution in [0.3, 0.4) is 0 Å². The number of nitrogens with zero attached hydrogens (tertiary/aromatic N) is 5. The van der Waals surface area contributed by atoms with E-state index in [1.165, 1.54) is 17.7 Å². The minimum atomic E-state index is -0.475. The fourth-order valence-electron chi connectivity index (χ4n) is 3.12. The molecule has 1 saturated heterocycles. The number of thiazole rings is 1. The zero-order valence-electron chi connectivity index (χ0n) is 15.9. The number of hydrogen-bond donors (Lipinski definition) is 2. The second-order valence-electron chi connectivity index (χ2n) is 6.67. The molecule has 1 fully saturated rings. The van der Waals surface area contributed by atoms with E-state index in [4.69, 9.17) is 4.74 Å². The molecule has 0 atom stereocenters. The molecule has 1 aliphatic rings. The zero-order valence-corrected chi connectivity index (χ0v) is 16.7. The minimum absolute atomic E-state index is 0.120. The maximum atomic E-state index is 11.7. The number of morpholine rings is 1. The Balaban J connectivity index is 1.51. The molecule has 1 aromatic carbocycles. The molecule has 29 heavy (non-hydrogen) atoms. The molecule has 3 aromatic rings. The van der Waals surface area contributed by atoms with Gasteiger partial charge in [-0.1, -0.05) is 17.4 Å². The Hall–Kier alpha value is -2.89. The predicted molar refractivity (Wildman–Crippen MR) is 112 cm³/mol. The van der Waals surface area contributed by atoms with Gasteiger partial charge < -0.3 is 15.4 Å². The molecule has 0 spiro atoms. The highest BCUT2D eigenvalue weighted by Gasteiger charge is 2.24. The van der Waals surface area contributed by atoms with Gasteiger partial charge in [-0.05, 0) is 24.6 Å². The van der Waals surface area contributed by atoms with Gasteiger partial charge in [-0.3, -0.25) is 15.0 Å². The Kier molecular flexibility index (Phi) is 5.79. The number of nitrogens with one attached hydrogen (secondary N) is 2. The highest BCUT2D eigenvalue weighted by Crippen LogP contribution is 2.34. The summed E-state index contributed by atoms with van der Waals surface area (Å²) in [5, 5.41) is 18.3. The first-order valence-corrected chi connectivity index (χ1v) is 10.1. The number of rotatable bonds is 7. The van der Waals surface area contributed by atoms with Gasteiger partial charge in [-0.15, -0.1) is 0 Å². The Bertz CT molecular complexity index is 1020. The van der Waals surface area contributed by atoms with Gasteiger partial charge in [0.05, 0.1) is 28.4 Å². The van der Waals surface area contributed by atoms with Gasteiger partial charge >= 0.3 is 5.69 Å². The summed E-state index contributed by atoms with van der Waals surface area (Å²) < 4.78 is 6.34. The van der Waals surface area contributed by atoms with Crippen molar-refractivity contribution < 1.29 is 9.66 Å². The third-order valence-electron chi connectivity index (χ3n) is 4.60. The van der Waals surface area contributed by atoms with Crippen LogP contribution in [-0.2, 0) is 4.74 Å². The molecule has 2 N–H and O–H groups in total. The van der Waals surface area contributed by atoms with Gasteiger partial charge in [0.2, 0.25) is 11.6 Å². The minimum Gasteiger partial charge on any atom is -0.379 e. The van der Waals surface area contributed by atoms with E-state index in [2.05, 4.69) is 30.5 Å². The third kappa shape index (κ3) is 4.58. The molecule has 2 aromatic heterocycles. The number of nitro groups is 1. The largest absolute Gasteiger partial charge is 0.379 e. The molecular formula is C18H21N7O3S. The standard InChI is InChI=1S/C18H21N7O3S/c1-12-2-3-13-14(10-12)29-18(22-13)23-17-15(25(26)27)16(20-11-21-17)19-4-5-24-6-8-28-9-7-24/h2-3,10-11H,4-9H2,1H3,(H2,19,20,21,22,23). The van der Waals surface area contributed by atoms with E-state index in [-0.39, 0.29) is 17.3 Å². The molecule has 1 aliphatic heterocycles. The molecule has 4 rings (SSSR count). The monoisotopic (exact) mass is 415 g/mol. The highest BCUT2D eigenvalue weighted by atomic mass is 32.1. The maximum Gasteiger partial charge on any atom is 0.353 e. The van der Waals surface area contributed by atoms with Crippen LogP contribution in [0.1, 0.15) is 5.56 Å². The average Bonchev–Trinajstić information content (AvgIpc) is 3.10. The predicted octanol–water partition coefficient (Wildman–Crippen LogP) is 2.79. The lowest BCUT2D eigenvalue weighted by Crippen LogP contribution is -2.39. The van der Waals surface area contributed by atoms with Crippen molar-refractivity contribution in [2.75, 3.05) is 50.0 Å². The molecule has 0 unspecified atom stereocenters.